The van der Waals surface area contributed by atoms with Crippen molar-refractivity contribution in [2.75, 3.05) is 0 Å². The van der Waals surface area contributed by atoms with Gasteiger partial charge in [0.15, 0.2) is 0 Å². The molecule has 1 unspecified atom stereocenters. The molecule has 102 valence electrons. The lowest BCUT2D eigenvalue weighted by molar-refractivity contribution is -0.203. The van der Waals surface area contributed by atoms with Crippen LogP contribution < -0.4 is 0 Å². The van der Waals surface area contributed by atoms with Gasteiger partial charge in [-0.1, -0.05) is 12.2 Å². The van der Waals surface area contributed by atoms with Crippen molar-refractivity contribution >= 4 is 0 Å². The Labute approximate surface area is 100 Å². The smallest absolute Gasteiger partial charge is 0.193 e. The van der Waals surface area contributed by atoms with E-state index in [4.69, 9.17) is 5.26 Å². The van der Waals surface area contributed by atoms with E-state index >= 15 is 0 Å². The zero-order chi connectivity index (χ0) is 14.6. The third-order valence-electron chi connectivity index (χ3n) is 2.44. The summed E-state index contributed by atoms with van der Waals surface area (Å²) >= 11 is 0. The quantitative estimate of drug-likeness (QED) is 0.420. The van der Waals surface area contributed by atoms with Gasteiger partial charge in [0.25, 0.3) is 0 Å². The van der Waals surface area contributed by atoms with Gasteiger partial charge in [-0.2, -0.15) is 31.6 Å². The minimum absolute atomic E-state index is 0.447. The second kappa shape index (κ2) is 5.46. The molecule has 18 heavy (non-hydrogen) atoms. The van der Waals surface area contributed by atoms with Crippen molar-refractivity contribution in [1.82, 2.24) is 0 Å². The van der Waals surface area contributed by atoms with Crippen molar-refractivity contribution in [1.29, 1.82) is 5.26 Å². The average Bonchev–Trinajstić information content (AvgIpc) is 2.19. The van der Waals surface area contributed by atoms with E-state index in [0.717, 1.165) is 6.92 Å². The Kier molecular flexibility index (Phi) is 5.02. The lowest BCUT2D eigenvalue weighted by Crippen LogP contribution is -2.35. The minimum atomic E-state index is -4.88. The molecule has 0 aromatic rings. The lowest BCUT2D eigenvalue weighted by Gasteiger charge is -2.30. The van der Waals surface area contributed by atoms with Crippen LogP contribution in [-0.4, -0.2) is 12.4 Å². The highest BCUT2D eigenvalue weighted by Gasteiger charge is 2.52. The van der Waals surface area contributed by atoms with E-state index in [-0.39, 0.29) is 0 Å². The van der Waals surface area contributed by atoms with Gasteiger partial charge >= 0.3 is 12.4 Å². The van der Waals surface area contributed by atoms with Gasteiger partial charge in [0.2, 0.25) is 0 Å². The summed E-state index contributed by atoms with van der Waals surface area (Å²) in [5.41, 5.74) is -4.00. The Bertz CT molecular complexity index is 382. The second-order valence-electron chi connectivity index (χ2n) is 3.87. The average molecular weight is 271 g/mol. The number of allylic oxidation sites excluding steroid dienone is 4. The molecule has 0 aliphatic heterocycles. The van der Waals surface area contributed by atoms with Gasteiger partial charge in [-0.15, -0.1) is 0 Å². The Morgan fingerprint density at radius 2 is 1.67 bits per heavy atom. The Balaban J connectivity index is 5.42. The summed E-state index contributed by atoms with van der Waals surface area (Å²) in [6, 6.07) is 1.34. The molecule has 0 aromatic heterocycles. The van der Waals surface area contributed by atoms with Crippen LogP contribution in [0.2, 0.25) is 0 Å². The number of hydrogen-bond acceptors (Lipinski definition) is 1. The van der Waals surface area contributed by atoms with Crippen LogP contribution >= 0.6 is 0 Å². The third-order valence-corrected chi connectivity index (χ3v) is 2.44. The maximum absolute atomic E-state index is 12.8. The summed E-state index contributed by atoms with van der Waals surface area (Å²) in [4.78, 5) is 0. The molecular weight excluding hydrogens is 260 g/mol. The van der Waals surface area contributed by atoms with E-state index in [9.17, 15) is 26.3 Å². The van der Waals surface area contributed by atoms with Crippen molar-refractivity contribution in [3.05, 3.63) is 23.8 Å². The predicted molar refractivity (Wildman–Crippen MR) is 53.3 cm³/mol. The molecule has 1 atom stereocenters. The van der Waals surface area contributed by atoms with Crippen LogP contribution in [-0.2, 0) is 0 Å². The van der Waals surface area contributed by atoms with Gasteiger partial charge in [-0.25, -0.2) is 0 Å². The Morgan fingerprint density at radius 1 is 1.17 bits per heavy atom. The Morgan fingerprint density at radius 3 is 1.94 bits per heavy atom. The fourth-order valence-corrected chi connectivity index (χ4v) is 1.24. The monoisotopic (exact) mass is 271 g/mol. The molecule has 0 saturated carbocycles. The Hall–Kier alpha value is -1.45. The van der Waals surface area contributed by atoms with E-state index in [1.165, 1.54) is 6.07 Å². The van der Waals surface area contributed by atoms with Crippen molar-refractivity contribution in [2.45, 2.75) is 32.6 Å². The fraction of sp³-hybridized carbons (Fsp3) is 0.545. The summed E-state index contributed by atoms with van der Waals surface area (Å²) in [7, 11) is 0. The lowest BCUT2D eigenvalue weighted by atomic mass is 9.82. The summed E-state index contributed by atoms with van der Waals surface area (Å²) < 4.78 is 75.6. The first-order chi connectivity index (χ1) is 7.98. The zero-order valence-corrected chi connectivity index (χ0v) is 9.65. The summed E-state index contributed by atoms with van der Waals surface area (Å²) in [6.07, 6.45) is -9.36. The largest absolute Gasteiger partial charge is 0.412 e. The van der Waals surface area contributed by atoms with E-state index in [0.29, 0.717) is 25.2 Å². The summed E-state index contributed by atoms with van der Waals surface area (Å²) in [5, 5.41) is 8.21. The zero-order valence-electron chi connectivity index (χ0n) is 9.65. The standard InChI is InChI=1S/C11H11F6N/c1-3-8(10(12,13)14)7-9(2,5-4-6-18)11(15,16)17/h3-5H,7H2,1-2H3/b5-4+,8-3+. The van der Waals surface area contributed by atoms with Gasteiger partial charge < -0.3 is 0 Å². The molecule has 0 spiro atoms. The normalized spacial score (nSPS) is 17.6. The first kappa shape index (κ1) is 16.6. The number of halogens is 6. The molecule has 0 aliphatic rings. The molecule has 0 amide bonds. The highest BCUT2D eigenvalue weighted by molar-refractivity contribution is 5.18. The number of alkyl halides is 6. The van der Waals surface area contributed by atoms with Crippen molar-refractivity contribution in [3.8, 4) is 6.07 Å². The van der Waals surface area contributed by atoms with Gasteiger partial charge in [0.1, 0.15) is 0 Å². The van der Waals surface area contributed by atoms with Gasteiger partial charge in [0.05, 0.1) is 11.5 Å². The molecule has 0 heterocycles. The highest BCUT2D eigenvalue weighted by Crippen LogP contribution is 2.46. The van der Waals surface area contributed by atoms with E-state index in [1.54, 1.807) is 0 Å². The molecule has 1 nitrogen and oxygen atoms in total. The van der Waals surface area contributed by atoms with E-state index in [2.05, 4.69) is 0 Å². The number of hydrogen-bond donors (Lipinski definition) is 0. The molecule has 0 bridgehead atoms. The molecule has 0 saturated heterocycles. The molecule has 0 radical (unpaired) electrons. The maximum atomic E-state index is 12.8. The van der Waals surface area contributed by atoms with Crippen LogP contribution in [0, 0.1) is 16.7 Å². The predicted octanol–water partition coefficient (Wildman–Crippen LogP) is 4.53. The topological polar surface area (TPSA) is 23.8 Å². The van der Waals surface area contributed by atoms with Gasteiger partial charge in [-0.05, 0) is 20.3 Å². The molecule has 0 aromatic carbocycles. The van der Waals surface area contributed by atoms with Crippen LogP contribution in [0.25, 0.3) is 0 Å². The number of rotatable bonds is 3. The minimum Gasteiger partial charge on any atom is -0.193 e. The van der Waals surface area contributed by atoms with E-state index in [1.807, 2.05) is 0 Å². The molecule has 0 aliphatic carbocycles. The van der Waals surface area contributed by atoms with Crippen LogP contribution in [0.3, 0.4) is 0 Å². The van der Waals surface area contributed by atoms with Crippen LogP contribution in [0.15, 0.2) is 23.8 Å². The van der Waals surface area contributed by atoms with Crippen LogP contribution in [0.4, 0.5) is 26.3 Å². The second-order valence-corrected chi connectivity index (χ2v) is 3.87. The van der Waals surface area contributed by atoms with Crippen molar-refractivity contribution in [3.63, 3.8) is 0 Å². The molecule has 0 fully saturated rings. The first-order valence-corrected chi connectivity index (χ1v) is 4.84. The fourth-order valence-electron chi connectivity index (χ4n) is 1.24. The first-order valence-electron chi connectivity index (χ1n) is 4.84. The third kappa shape index (κ3) is 4.09. The molecule has 7 heteroatoms. The van der Waals surface area contributed by atoms with Crippen LogP contribution in [0.1, 0.15) is 20.3 Å². The molecular formula is C11H11F6N. The van der Waals surface area contributed by atoms with E-state index < -0.39 is 29.8 Å². The van der Waals surface area contributed by atoms with Crippen LogP contribution in [0.5, 0.6) is 0 Å². The number of nitriles is 1. The van der Waals surface area contributed by atoms with Crippen molar-refractivity contribution < 1.29 is 26.3 Å². The van der Waals surface area contributed by atoms with Crippen molar-refractivity contribution in [2.24, 2.45) is 5.41 Å². The number of nitrogens with zero attached hydrogens (tertiary/aromatic N) is 1. The highest BCUT2D eigenvalue weighted by atomic mass is 19.4. The maximum Gasteiger partial charge on any atom is 0.412 e. The molecule has 0 rings (SSSR count). The van der Waals surface area contributed by atoms with Gasteiger partial charge in [-0.3, -0.25) is 0 Å². The molecule has 0 N–H and O–H groups in total. The SMILES string of the molecule is C/C=C(\CC(C)(/C=C/C#N)C(F)(F)F)C(F)(F)F. The summed E-state index contributed by atoms with van der Waals surface area (Å²) in [5.74, 6) is 0. The summed E-state index contributed by atoms with van der Waals surface area (Å²) in [6.45, 7) is 1.64. The van der Waals surface area contributed by atoms with Gasteiger partial charge in [0, 0.05) is 11.6 Å².